The molecule has 2 aromatic carbocycles. The summed E-state index contributed by atoms with van der Waals surface area (Å²) in [7, 11) is 0. The van der Waals surface area contributed by atoms with Gasteiger partial charge in [0.2, 0.25) is 0 Å². The highest BCUT2D eigenvalue weighted by Crippen LogP contribution is 2.25. The number of nitrogens with one attached hydrogen (secondary N) is 1. The van der Waals surface area contributed by atoms with Gasteiger partial charge in [0.1, 0.15) is 10.7 Å². The molecule has 1 aromatic heterocycles. The third-order valence-electron chi connectivity index (χ3n) is 3.16. The second-order valence-corrected chi connectivity index (χ2v) is 6.86. The highest BCUT2D eigenvalue weighted by Gasteiger charge is 2.13. The topological polar surface area (TPSA) is 42.0 Å². The Morgan fingerprint density at radius 1 is 1.14 bits per heavy atom. The average Bonchev–Trinajstić information content (AvgIpc) is 3.00. The zero-order chi connectivity index (χ0) is 15.5. The van der Waals surface area contributed by atoms with Crippen LogP contribution < -0.4 is 5.32 Å². The molecule has 1 heterocycles. The van der Waals surface area contributed by atoms with E-state index in [0.29, 0.717) is 5.69 Å². The number of hydrogen-bond acceptors (Lipinski definition) is 3. The number of carbonyl (C=O) groups is 1. The lowest BCUT2D eigenvalue weighted by Crippen LogP contribution is -2.13. The van der Waals surface area contributed by atoms with Crippen molar-refractivity contribution in [3.05, 3.63) is 68.7 Å². The van der Waals surface area contributed by atoms with Crippen LogP contribution in [0.1, 0.15) is 16.1 Å². The number of para-hydroxylation sites is 1. The van der Waals surface area contributed by atoms with Crippen molar-refractivity contribution < 1.29 is 4.79 Å². The molecule has 0 fully saturated rings. The van der Waals surface area contributed by atoms with E-state index in [4.69, 9.17) is 0 Å². The fourth-order valence-electron chi connectivity index (χ4n) is 1.96. The second-order valence-electron chi connectivity index (χ2n) is 4.84. The Kier molecular flexibility index (Phi) is 4.54. The molecule has 22 heavy (non-hydrogen) atoms. The van der Waals surface area contributed by atoms with E-state index in [2.05, 4.69) is 32.9 Å². The first-order valence-corrected chi connectivity index (χ1v) is 8.68. The Balaban J connectivity index is 1.80. The van der Waals surface area contributed by atoms with Gasteiger partial charge < -0.3 is 5.32 Å². The highest BCUT2D eigenvalue weighted by atomic mass is 127. The van der Waals surface area contributed by atoms with Crippen molar-refractivity contribution >= 4 is 45.5 Å². The maximum atomic E-state index is 12.3. The third-order valence-corrected chi connectivity index (χ3v) is 4.99. The number of benzene rings is 2. The van der Waals surface area contributed by atoms with Crippen LogP contribution >= 0.6 is 33.9 Å². The van der Waals surface area contributed by atoms with Crippen LogP contribution in [0.3, 0.4) is 0 Å². The van der Waals surface area contributed by atoms with Gasteiger partial charge in [-0.15, -0.1) is 11.3 Å². The van der Waals surface area contributed by atoms with Crippen molar-refractivity contribution in [2.75, 3.05) is 5.32 Å². The summed E-state index contributed by atoms with van der Waals surface area (Å²) in [5.74, 6) is -0.182. The first-order valence-electron chi connectivity index (χ1n) is 6.72. The van der Waals surface area contributed by atoms with Crippen LogP contribution in [0, 0.1) is 10.5 Å². The van der Waals surface area contributed by atoms with E-state index >= 15 is 0 Å². The smallest absolute Gasteiger partial charge is 0.275 e. The van der Waals surface area contributed by atoms with E-state index in [9.17, 15) is 4.79 Å². The van der Waals surface area contributed by atoms with Gasteiger partial charge in [-0.05, 0) is 41.6 Å². The van der Waals surface area contributed by atoms with E-state index in [0.717, 1.165) is 19.8 Å². The summed E-state index contributed by atoms with van der Waals surface area (Å²) in [5, 5.41) is 5.54. The summed E-state index contributed by atoms with van der Waals surface area (Å²) in [5.41, 5.74) is 3.49. The number of aromatic nitrogens is 1. The van der Waals surface area contributed by atoms with Crippen molar-refractivity contribution in [1.29, 1.82) is 0 Å². The van der Waals surface area contributed by atoms with Gasteiger partial charge in [-0.25, -0.2) is 4.98 Å². The Hall–Kier alpha value is -1.73. The molecule has 5 heteroatoms. The van der Waals surface area contributed by atoms with Gasteiger partial charge in [0.15, 0.2) is 0 Å². The lowest BCUT2D eigenvalue weighted by Gasteiger charge is -2.05. The van der Waals surface area contributed by atoms with Crippen molar-refractivity contribution in [3.63, 3.8) is 0 Å². The monoisotopic (exact) mass is 420 g/mol. The van der Waals surface area contributed by atoms with Gasteiger partial charge in [-0.2, -0.15) is 0 Å². The second kappa shape index (κ2) is 6.58. The van der Waals surface area contributed by atoms with Crippen molar-refractivity contribution in [1.82, 2.24) is 4.98 Å². The molecular weight excluding hydrogens is 407 g/mol. The molecule has 0 bridgehead atoms. The largest absolute Gasteiger partial charge is 0.320 e. The van der Waals surface area contributed by atoms with E-state index in [1.165, 1.54) is 16.9 Å². The lowest BCUT2D eigenvalue weighted by atomic mass is 10.2. The van der Waals surface area contributed by atoms with E-state index in [1.807, 2.05) is 55.5 Å². The van der Waals surface area contributed by atoms with Gasteiger partial charge >= 0.3 is 0 Å². The molecule has 0 spiro atoms. The van der Waals surface area contributed by atoms with Gasteiger partial charge in [-0.1, -0.05) is 42.0 Å². The number of hydrogen-bond donors (Lipinski definition) is 1. The predicted octanol–water partition coefficient (Wildman–Crippen LogP) is 4.98. The van der Waals surface area contributed by atoms with E-state index < -0.39 is 0 Å². The maximum Gasteiger partial charge on any atom is 0.275 e. The van der Waals surface area contributed by atoms with Crippen LogP contribution in [0.15, 0.2) is 53.9 Å². The number of halogens is 1. The van der Waals surface area contributed by atoms with Gasteiger partial charge in [-0.3, -0.25) is 4.79 Å². The molecule has 110 valence electrons. The van der Waals surface area contributed by atoms with E-state index in [-0.39, 0.29) is 5.91 Å². The van der Waals surface area contributed by atoms with Crippen molar-refractivity contribution in [2.45, 2.75) is 6.92 Å². The molecule has 1 N–H and O–H groups in total. The fourth-order valence-corrected chi connectivity index (χ4v) is 3.28. The van der Waals surface area contributed by atoms with E-state index in [1.54, 1.807) is 5.38 Å². The van der Waals surface area contributed by atoms with Crippen LogP contribution in [0.25, 0.3) is 10.6 Å². The summed E-state index contributed by atoms with van der Waals surface area (Å²) in [6.07, 6.45) is 0. The minimum Gasteiger partial charge on any atom is -0.320 e. The van der Waals surface area contributed by atoms with Crippen molar-refractivity contribution in [2.24, 2.45) is 0 Å². The molecule has 3 aromatic rings. The molecular formula is C17H13IN2OS. The van der Waals surface area contributed by atoms with Gasteiger partial charge in [0.25, 0.3) is 5.91 Å². The number of rotatable bonds is 3. The Morgan fingerprint density at radius 2 is 1.86 bits per heavy atom. The Labute approximate surface area is 146 Å². The quantitative estimate of drug-likeness (QED) is 0.608. The predicted molar refractivity (Wildman–Crippen MR) is 99.4 cm³/mol. The van der Waals surface area contributed by atoms with Crippen LogP contribution in [-0.2, 0) is 0 Å². The minimum absolute atomic E-state index is 0.182. The minimum atomic E-state index is -0.182. The molecule has 1 amide bonds. The maximum absolute atomic E-state index is 12.3. The van der Waals surface area contributed by atoms with Gasteiger partial charge in [0, 0.05) is 14.5 Å². The number of aryl methyl sites for hydroxylation is 1. The lowest BCUT2D eigenvalue weighted by molar-refractivity contribution is 0.102. The number of anilines is 1. The molecule has 0 saturated heterocycles. The number of thiazole rings is 1. The molecule has 0 aliphatic heterocycles. The number of carbonyl (C=O) groups excluding carboxylic acids is 1. The normalized spacial score (nSPS) is 10.5. The molecule has 0 radical (unpaired) electrons. The Bertz CT molecular complexity index is 812. The summed E-state index contributed by atoms with van der Waals surface area (Å²) >= 11 is 3.68. The summed E-state index contributed by atoms with van der Waals surface area (Å²) in [4.78, 5) is 16.7. The molecule has 3 rings (SSSR count). The summed E-state index contributed by atoms with van der Waals surface area (Å²) in [6.45, 7) is 2.05. The first-order chi connectivity index (χ1) is 10.6. The molecule has 0 saturated carbocycles. The van der Waals surface area contributed by atoms with Gasteiger partial charge in [0.05, 0.1) is 5.69 Å². The molecule has 0 aliphatic carbocycles. The average molecular weight is 420 g/mol. The standard InChI is InChI=1S/C17H13IN2OS/c1-11-6-8-12(9-7-11)17-20-15(10-22-17)16(21)19-14-5-3-2-4-13(14)18/h2-10H,1H3,(H,19,21). The summed E-state index contributed by atoms with van der Waals surface area (Å²) < 4.78 is 1.00. The first kappa shape index (κ1) is 15.2. The zero-order valence-corrected chi connectivity index (χ0v) is 14.8. The third kappa shape index (κ3) is 3.36. The number of nitrogens with zero attached hydrogens (tertiary/aromatic N) is 1. The molecule has 0 unspecified atom stereocenters. The van der Waals surface area contributed by atoms with Crippen LogP contribution in [0.2, 0.25) is 0 Å². The van der Waals surface area contributed by atoms with Crippen molar-refractivity contribution in [3.8, 4) is 10.6 Å². The number of amides is 1. The zero-order valence-electron chi connectivity index (χ0n) is 11.8. The van der Waals surface area contributed by atoms with Crippen LogP contribution in [0.5, 0.6) is 0 Å². The molecule has 3 nitrogen and oxygen atoms in total. The Morgan fingerprint density at radius 3 is 2.59 bits per heavy atom. The molecule has 0 aliphatic rings. The SMILES string of the molecule is Cc1ccc(-c2nc(C(=O)Nc3ccccc3I)cs2)cc1. The van der Waals surface area contributed by atoms with Crippen LogP contribution in [-0.4, -0.2) is 10.9 Å². The molecule has 0 atom stereocenters. The summed E-state index contributed by atoms with van der Waals surface area (Å²) in [6, 6.07) is 15.8. The fraction of sp³-hybridized carbons (Fsp3) is 0.0588. The van der Waals surface area contributed by atoms with Crippen LogP contribution in [0.4, 0.5) is 5.69 Å². The highest BCUT2D eigenvalue weighted by molar-refractivity contribution is 14.1.